The fraction of sp³-hybridized carbons (Fsp3) is 0.182. The number of nitro groups is 1. The summed E-state index contributed by atoms with van der Waals surface area (Å²) in [5.74, 6) is 0. The number of urea groups is 1. The largest absolute Gasteiger partial charge is 0.323 e. The second kappa shape index (κ2) is 6.02. The molecule has 0 aliphatic heterocycles. The normalized spacial score (nSPS) is 9.50. The predicted octanol–water partition coefficient (Wildman–Crippen LogP) is 3.29. The molecule has 0 heterocycles. The van der Waals surface area contributed by atoms with E-state index in [1.165, 1.54) is 24.4 Å². The van der Waals surface area contributed by atoms with E-state index in [4.69, 9.17) is 11.6 Å². The minimum Gasteiger partial charge on any atom is -0.314 e. The van der Waals surface area contributed by atoms with E-state index < -0.39 is 11.0 Å². The van der Waals surface area contributed by atoms with Gasteiger partial charge in [-0.3, -0.25) is 10.1 Å². The van der Waals surface area contributed by atoms with Gasteiger partial charge in [-0.1, -0.05) is 17.2 Å². The van der Waals surface area contributed by atoms with Crippen LogP contribution in [0.1, 0.15) is 13.8 Å². The highest BCUT2D eigenvalue weighted by molar-refractivity contribution is 6.33. The zero-order chi connectivity index (χ0) is 13.7. The quantitative estimate of drug-likeness (QED) is 0.652. The maximum atomic E-state index is 11.5. The summed E-state index contributed by atoms with van der Waals surface area (Å²) >= 11 is 5.83. The van der Waals surface area contributed by atoms with Crippen LogP contribution in [-0.2, 0) is 0 Å². The van der Waals surface area contributed by atoms with Crippen molar-refractivity contribution in [3.63, 3.8) is 0 Å². The molecule has 0 saturated carbocycles. The molecule has 0 aliphatic carbocycles. The highest BCUT2D eigenvalue weighted by Crippen LogP contribution is 2.26. The average Bonchev–Trinajstić information content (AvgIpc) is 2.29. The smallest absolute Gasteiger partial charge is 0.314 e. The van der Waals surface area contributed by atoms with Crippen LogP contribution in [0.2, 0.25) is 5.02 Å². The van der Waals surface area contributed by atoms with Gasteiger partial charge in [-0.2, -0.15) is 0 Å². The summed E-state index contributed by atoms with van der Waals surface area (Å²) in [5.41, 5.74) is 0.956. The van der Waals surface area contributed by atoms with Gasteiger partial charge in [0, 0.05) is 18.3 Å². The minimum atomic E-state index is -0.560. The topological polar surface area (TPSA) is 84.3 Å². The Balaban J connectivity index is 2.83. The van der Waals surface area contributed by atoms with E-state index in [0.29, 0.717) is 0 Å². The van der Waals surface area contributed by atoms with E-state index in [9.17, 15) is 14.9 Å². The second-order valence-corrected chi connectivity index (χ2v) is 4.15. The van der Waals surface area contributed by atoms with Gasteiger partial charge < -0.3 is 10.6 Å². The van der Waals surface area contributed by atoms with Crippen LogP contribution in [-0.4, -0.2) is 11.0 Å². The Hall–Kier alpha value is -2.08. The van der Waals surface area contributed by atoms with Crippen molar-refractivity contribution in [2.24, 2.45) is 0 Å². The Morgan fingerprint density at radius 2 is 2.11 bits per heavy atom. The number of benzene rings is 1. The molecule has 2 amide bonds. The van der Waals surface area contributed by atoms with Crippen LogP contribution in [0.15, 0.2) is 30.0 Å². The number of nitro benzene ring substituents is 1. The van der Waals surface area contributed by atoms with Crippen LogP contribution in [0.4, 0.5) is 16.2 Å². The first kappa shape index (κ1) is 14.0. The van der Waals surface area contributed by atoms with Gasteiger partial charge >= 0.3 is 6.03 Å². The average molecular weight is 270 g/mol. The Bertz CT molecular complexity index is 510. The third kappa shape index (κ3) is 4.06. The van der Waals surface area contributed by atoms with Gasteiger partial charge in [0.15, 0.2) is 0 Å². The van der Waals surface area contributed by atoms with Crippen molar-refractivity contribution in [2.75, 3.05) is 5.32 Å². The summed E-state index contributed by atoms with van der Waals surface area (Å²) in [6, 6.07) is 3.31. The molecule has 0 unspecified atom stereocenters. The summed E-state index contributed by atoms with van der Waals surface area (Å²) in [6.45, 7) is 3.64. The number of nitrogens with zero attached hydrogens (tertiary/aromatic N) is 1. The van der Waals surface area contributed by atoms with Gasteiger partial charge in [-0.25, -0.2) is 4.79 Å². The van der Waals surface area contributed by atoms with E-state index in [2.05, 4.69) is 10.6 Å². The highest BCUT2D eigenvalue weighted by atomic mass is 35.5. The fourth-order valence-corrected chi connectivity index (χ4v) is 1.26. The number of hydrogen-bond acceptors (Lipinski definition) is 3. The molecule has 7 heteroatoms. The minimum absolute atomic E-state index is 0.142. The van der Waals surface area contributed by atoms with Gasteiger partial charge in [0.25, 0.3) is 5.69 Å². The van der Waals surface area contributed by atoms with Crippen molar-refractivity contribution in [1.29, 1.82) is 0 Å². The summed E-state index contributed by atoms with van der Waals surface area (Å²) in [7, 11) is 0. The van der Waals surface area contributed by atoms with Crippen LogP contribution in [0.3, 0.4) is 0 Å². The first-order valence-corrected chi connectivity index (χ1v) is 5.43. The summed E-state index contributed by atoms with van der Waals surface area (Å²) in [4.78, 5) is 21.5. The maximum Gasteiger partial charge on any atom is 0.323 e. The zero-order valence-electron chi connectivity index (χ0n) is 9.86. The number of non-ortho nitro benzene ring substituents is 1. The summed E-state index contributed by atoms with van der Waals surface area (Å²) in [5, 5.41) is 15.7. The summed E-state index contributed by atoms with van der Waals surface area (Å²) < 4.78 is 0. The van der Waals surface area contributed by atoms with Crippen molar-refractivity contribution >= 4 is 29.0 Å². The first-order valence-electron chi connectivity index (χ1n) is 5.05. The maximum absolute atomic E-state index is 11.5. The molecule has 96 valence electrons. The molecule has 0 fully saturated rings. The van der Waals surface area contributed by atoms with E-state index in [1.54, 1.807) is 0 Å². The van der Waals surface area contributed by atoms with E-state index >= 15 is 0 Å². The first-order chi connectivity index (χ1) is 8.40. The van der Waals surface area contributed by atoms with Gasteiger partial charge in [-0.05, 0) is 19.9 Å². The zero-order valence-corrected chi connectivity index (χ0v) is 10.6. The molecule has 0 saturated heterocycles. The van der Waals surface area contributed by atoms with Gasteiger partial charge in [0.1, 0.15) is 0 Å². The van der Waals surface area contributed by atoms with Crippen LogP contribution >= 0.6 is 11.6 Å². The third-order valence-electron chi connectivity index (χ3n) is 1.90. The molecule has 0 spiro atoms. The third-order valence-corrected chi connectivity index (χ3v) is 2.23. The molecule has 0 atom stereocenters. The second-order valence-electron chi connectivity index (χ2n) is 3.74. The van der Waals surface area contributed by atoms with Crippen molar-refractivity contribution in [3.05, 3.63) is 45.1 Å². The molecule has 0 radical (unpaired) electrons. The molecular formula is C11H12ClN3O3. The molecule has 18 heavy (non-hydrogen) atoms. The number of hydrogen-bond donors (Lipinski definition) is 2. The van der Waals surface area contributed by atoms with Crippen LogP contribution in [0.5, 0.6) is 0 Å². The number of carbonyl (C=O) groups excluding carboxylic acids is 1. The van der Waals surface area contributed by atoms with Crippen molar-refractivity contribution in [1.82, 2.24) is 5.32 Å². The number of halogens is 1. The van der Waals surface area contributed by atoms with Crippen molar-refractivity contribution < 1.29 is 9.72 Å². The molecule has 0 aliphatic rings. The number of rotatable bonds is 3. The van der Waals surface area contributed by atoms with Gasteiger partial charge in [-0.15, -0.1) is 0 Å². The van der Waals surface area contributed by atoms with Crippen molar-refractivity contribution in [3.8, 4) is 0 Å². The molecule has 6 nitrogen and oxygen atoms in total. The number of allylic oxidation sites excluding steroid dienone is 1. The number of carbonyl (C=O) groups is 1. The Kier molecular flexibility index (Phi) is 4.67. The van der Waals surface area contributed by atoms with Crippen LogP contribution < -0.4 is 10.6 Å². The lowest BCUT2D eigenvalue weighted by molar-refractivity contribution is -0.384. The number of amides is 2. The highest BCUT2D eigenvalue weighted by Gasteiger charge is 2.11. The van der Waals surface area contributed by atoms with Crippen LogP contribution in [0.25, 0.3) is 0 Å². The molecule has 1 aromatic rings. The van der Waals surface area contributed by atoms with E-state index in [-0.39, 0.29) is 16.4 Å². The van der Waals surface area contributed by atoms with Crippen LogP contribution in [0, 0.1) is 10.1 Å². The molecule has 2 N–H and O–H groups in total. The summed E-state index contributed by atoms with van der Waals surface area (Å²) in [6.07, 6.45) is 1.51. The van der Waals surface area contributed by atoms with Gasteiger partial charge in [0.2, 0.25) is 0 Å². The number of anilines is 1. The molecule has 1 aromatic carbocycles. The predicted molar refractivity (Wildman–Crippen MR) is 69.7 cm³/mol. The Morgan fingerprint density at radius 1 is 1.44 bits per heavy atom. The monoisotopic (exact) mass is 269 g/mol. The fourth-order valence-electron chi connectivity index (χ4n) is 1.09. The Morgan fingerprint density at radius 3 is 2.67 bits per heavy atom. The van der Waals surface area contributed by atoms with E-state index in [0.717, 1.165) is 5.57 Å². The lowest BCUT2D eigenvalue weighted by atomic mass is 10.3. The molecule has 0 aromatic heterocycles. The standard InChI is InChI=1S/C11H12ClN3O3/c1-7(2)6-13-11(16)14-10-5-8(15(17)18)3-4-9(10)12/h3-6H,1-2H3,(H2,13,14,16). The number of nitrogens with one attached hydrogen (secondary N) is 2. The van der Waals surface area contributed by atoms with Crippen molar-refractivity contribution in [2.45, 2.75) is 13.8 Å². The molecule has 1 rings (SSSR count). The Labute approximate surface area is 109 Å². The lowest BCUT2D eigenvalue weighted by Crippen LogP contribution is -2.24. The van der Waals surface area contributed by atoms with Gasteiger partial charge in [0.05, 0.1) is 15.6 Å². The lowest BCUT2D eigenvalue weighted by Gasteiger charge is -2.06. The van der Waals surface area contributed by atoms with E-state index in [1.807, 2.05) is 13.8 Å². The SMILES string of the molecule is CC(C)=CNC(=O)Nc1cc([N+](=O)[O-])ccc1Cl. The molecular weight excluding hydrogens is 258 g/mol. The molecule has 0 bridgehead atoms.